The van der Waals surface area contributed by atoms with E-state index in [0.717, 1.165) is 24.2 Å². The van der Waals surface area contributed by atoms with Gasteiger partial charge in [-0.1, -0.05) is 115 Å². The number of nitro benzene ring substituents is 4. The molecular formula is C51H42Cl2F2N9O11PS. The van der Waals surface area contributed by atoms with E-state index >= 15 is 0 Å². The number of fused-ring (bicyclic) bond motifs is 2. The summed E-state index contributed by atoms with van der Waals surface area (Å²) in [5.41, 5.74) is 6.90. The number of hydrogen-bond donors (Lipinski definition) is 2. The molecule has 1 aliphatic rings. The van der Waals surface area contributed by atoms with Gasteiger partial charge in [0.05, 0.1) is 48.1 Å². The van der Waals surface area contributed by atoms with Crippen molar-refractivity contribution in [1.29, 1.82) is 0 Å². The molecule has 0 fully saturated rings. The number of rotatable bonds is 12. The summed E-state index contributed by atoms with van der Waals surface area (Å²) in [6.07, 6.45) is 0. The third-order valence-electron chi connectivity index (χ3n) is 11.0. The van der Waals surface area contributed by atoms with Crippen LogP contribution in [0.3, 0.4) is 0 Å². The molecule has 0 bridgehead atoms. The molecule has 0 aliphatic carbocycles. The Kier molecular flexibility index (Phi) is 19.1. The van der Waals surface area contributed by atoms with Gasteiger partial charge >= 0.3 is 11.4 Å². The Bertz CT molecular complexity index is 3500. The zero-order chi connectivity index (χ0) is 56.1. The van der Waals surface area contributed by atoms with E-state index in [1.165, 1.54) is 40.7 Å². The van der Waals surface area contributed by atoms with Gasteiger partial charge in [0.15, 0.2) is 7.58 Å². The minimum absolute atomic E-state index is 0.153. The van der Waals surface area contributed by atoms with Gasteiger partial charge in [-0.2, -0.15) is 8.78 Å². The molecule has 1 amide bonds. The highest BCUT2D eigenvalue weighted by Crippen LogP contribution is 2.63. The zero-order valence-corrected chi connectivity index (χ0v) is 43.4. The average Bonchev–Trinajstić information content (AvgIpc) is 3.65. The van der Waals surface area contributed by atoms with Crippen LogP contribution in [0.15, 0.2) is 181 Å². The van der Waals surface area contributed by atoms with Gasteiger partial charge in [-0.3, -0.25) is 45.3 Å². The van der Waals surface area contributed by atoms with Crippen molar-refractivity contribution in [3.8, 4) is 0 Å². The van der Waals surface area contributed by atoms with Crippen LogP contribution in [-0.4, -0.2) is 48.1 Å². The molecule has 8 aromatic rings. The zero-order valence-electron chi connectivity index (χ0n) is 40.2. The Hall–Kier alpha value is -8.89. The van der Waals surface area contributed by atoms with Gasteiger partial charge in [0.1, 0.15) is 11.4 Å². The highest BCUT2D eigenvalue weighted by atomic mass is 35.7. The average molecular weight is 1130 g/mol. The minimum atomic E-state index is -3.72. The number of nitrogens with two attached hydrogens (primary N) is 1. The standard InChI is InChI=1S/C20H18ClN2P.C13H8FN3O5.C12H12ClNO2S.C6H4FN3O4/c21-24-22(15-17-9-3-1-4-10-17)19-13-7-8-14-20(19)23(24)16-18-11-5-2-6-12-18;14-9-6-10(12(17(21)22)7-11(9)16(19)20)15-13(18)8-4-2-1-3-5-8;1-14(2)11-7-3-6-10-9(11)5-4-8-12(10)17(13,15)16;7-3-1-4(8)6(10(13)14)2-5(3)9(11)12/h1-14H,15-16H2;1-7H,(H,15,18);3-8H,1-2H3;1-2H,8H2. The van der Waals surface area contributed by atoms with Gasteiger partial charge in [-0.15, -0.1) is 0 Å². The Labute approximate surface area is 448 Å². The molecular weight excluding hydrogens is 1090 g/mol. The lowest BCUT2D eigenvalue weighted by Crippen LogP contribution is -2.17. The van der Waals surface area contributed by atoms with Crippen molar-refractivity contribution >= 4 is 106 Å². The lowest BCUT2D eigenvalue weighted by atomic mass is 10.1. The summed E-state index contributed by atoms with van der Waals surface area (Å²) < 4.78 is 54.0. The minimum Gasteiger partial charge on any atom is -0.393 e. The molecule has 26 heteroatoms. The first-order valence-electron chi connectivity index (χ1n) is 22.2. The summed E-state index contributed by atoms with van der Waals surface area (Å²) in [7, 11) is 4.61. The van der Waals surface area contributed by atoms with E-state index in [-0.39, 0.29) is 10.5 Å². The van der Waals surface area contributed by atoms with Crippen molar-refractivity contribution < 1.29 is 41.7 Å². The molecule has 0 radical (unpaired) electrons. The van der Waals surface area contributed by atoms with Gasteiger partial charge < -0.3 is 25.3 Å². The van der Waals surface area contributed by atoms with Crippen molar-refractivity contribution in [1.82, 2.24) is 0 Å². The summed E-state index contributed by atoms with van der Waals surface area (Å²) in [6.45, 7) is 1.66. The molecule has 1 aliphatic heterocycles. The topological polar surface area (TPSA) is 272 Å². The summed E-state index contributed by atoms with van der Waals surface area (Å²) in [4.78, 5) is 52.1. The molecule has 77 heavy (non-hydrogen) atoms. The van der Waals surface area contributed by atoms with Crippen LogP contribution in [0, 0.1) is 52.1 Å². The number of nitrogens with one attached hydrogen (secondary N) is 1. The molecule has 20 nitrogen and oxygen atoms in total. The van der Waals surface area contributed by atoms with Gasteiger partial charge in [-0.25, -0.2) is 8.42 Å². The van der Waals surface area contributed by atoms with Crippen molar-refractivity contribution in [3.05, 3.63) is 245 Å². The van der Waals surface area contributed by atoms with Crippen LogP contribution >= 0.6 is 29.5 Å². The first kappa shape index (κ1) is 57.4. The first-order chi connectivity index (χ1) is 36.6. The molecule has 3 N–H and O–H groups in total. The number of halogens is 4. The quantitative estimate of drug-likeness (QED) is 0.0378. The number of amides is 1. The normalized spacial score (nSPS) is 11.6. The Morgan fingerprint density at radius 1 is 0.597 bits per heavy atom. The molecule has 8 aromatic carbocycles. The Balaban J connectivity index is 0.000000170. The summed E-state index contributed by atoms with van der Waals surface area (Å²) in [6, 6.07) is 50.0. The molecule has 396 valence electrons. The number of nitro groups is 4. The molecule has 0 atom stereocenters. The smallest absolute Gasteiger partial charge is 0.311 e. The number of nitrogen functional groups attached to an aromatic ring is 1. The fourth-order valence-electron chi connectivity index (χ4n) is 7.47. The van der Waals surface area contributed by atoms with E-state index in [0.29, 0.717) is 29.7 Å². The van der Waals surface area contributed by atoms with E-state index in [9.17, 15) is 62.5 Å². The lowest BCUT2D eigenvalue weighted by Gasteiger charge is -2.27. The van der Waals surface area contributed by atoms with Crippen molar-refractivity contribution in [2.24, 2.45) is 0 Å². The van der Waals surface area contributed by atoms with Crippen LogP contribution in [0.1, 0.15) is 21.5 Å². The third-order valence-corrected chi connectivity index (χ3v) is 15.0. The second-order valence-corrected chi connectivity index (χ2v) is 21.2. The number of carbonyl (C=O) groups is 1. The fourth-order valence-corrected chi connectivity index (χ4v) is 10.9. The van der Waals surface area contributed by atoms with Gasteiger partial charge in [0.2, 0.25) is 11.6 Å². The lowest BCUT2D eigenvalue weighted by molar-refractivity contribution is -0.395. The van der Waals surface area contributed by atoms with Crippen LogP contribution in [0.25, 0.3) is 10.8 Å². The molecule has 9 rings (SSSR count). The summed E-state index contributed by atoms with van der Waals surface area (Å²) in [5.74, 6) is -3.17. The maximum atomic E-state index is 13.6. The molecule has 0 saturated carbocycles. The third kappa shape index (κ3) is 14.5. The monoisotopic (exact) mass is 1130 g/mol. The predicted octanol–water partition coefficient (Wildman–Crippen LogP) is 13.1. The van der Waals surface area contributed by atoms with E-state index in [1.807, 2.05) is 49.3 Å². The number of carbonyl (C=O) groups excluding carboxylic acids is 1. The van der Waals surface area contributed by atoms with Crippen LogP contribution in [0.2, 0.25) is 0 Å². The van der Waals surface area contributed by atoms with Gasteiger partial charge in [0.25, 0.3) is 26.3 Å². The summed E-state index contributed by atoms with van der Waals surface area (Å²) >= 11 is 6.93. The molecule has 0 unspecified atom stereocenters. The van der Waals surface area contributed by atoms with Crippen molar-refractivity contribution in [3.63, 3.8) is 0 Å². The first-order valence-corrected chi connectivity index (χ1v) is 26.7. The van der Waals surface area contributed by atoms with Gasteiger partial charge in [-0.05, 0) is 58.8 Å². The Morgan fingerprint density at radius 3 is 1.49 bits per heavy atom. The SMILES string of the molecule is CN(C)c1cccc2c(S(=O)(=O)Cl)cccc12.ClP1N(Cc2ccccc2)c2ccccc2N1Cc1ccccc1.Nc1cc(F)c([N+](=O)[O-])cc1[N+](=O)[O-].O=C(Nc1cc(F)c([N+](=O)[O-])cc1[N+](=O)[O-])c1ccccc1. The van der Waals surface area contributed by atoms with Crippen molar-refractivity contribution in [2.75, 3.05) is 39.4 Å². The number of anilines is 5. The fraction of sp³-hybridized carbons (Fsp3) is 0.0784. The predicted molar refractivity (Wildman–Crippen MR) is 294 cm³/mol. The second-order valence-electron chi connectivity index (χ2n) is 16.3. The van der Waals surface area contributed by atoms with E-state index < -0.39 is 88.0 Å². The van der Waals surface area contributed by atoms with Crippen LogP contribution in [-0.2, 0) is 22.1 Å². The Morgan fingerprint density at radius 2 is 1.03 bits per heavy atom. The van der Waals surface area contributed by atoms with Crippen LogP contribution in [0.4, 0.5) is 60.0 Å². The highest BCUT2D eigenvalue weighted by Gasteiger charge is 2.35. The van der Waals surface area contributed by atoms with Crippen LogP contribution < -0.4 is 25.3 Å². The molecule has 1 heterocycles. The molecule has 0 spiro atoms. The number of benzene rings is 8. The van der Waals surface area contributed by atoms with Crippen molar-refractivity contribution in [2.45, 2.75) is 18.0 Å². The van der Waals surface area contributed by atoms with Crippen LogP contribution in [0.5, 0.6) is 0 Å². The van der Waals surface area contributed by atoms with Gasteiger partial charge in [0, 0.05) is 72.0 Å². The molecule has 0 saturated heterocycles. The maximum Gasteiger partial charge on any atom is 0.311 e. The second kappa shape index (κ2) is 25.6. The maximum absolute atomic E-state index is 13.6. The largest absolute Gasteiger partial charge is 0.393 e. The van der Waals surface area contributed by atoms with E-state index in [4.69, 9.17) is 27.7 Å². The molecule has 0 aromatic heterocycles. The highest BCUT2D eigenvalue weighted by molar-refractivity contribution is 8.14. The van der Waals surface area contributed by atoms with E-state index in [2.05, 4.69) is 87.5 Å². The number of hydrogen-bond acceptors (Lipinski definition) is 15. The summed E-state index contributed by atoms with van der Waals surface area (Å²) in [5, 5.41) is 45.7. The number of nitrogens with zero attached hydrogens (tertiary/aromatic N) is 7. The van der Waals surface area contributed by atoms with E-state index in [1.54, 1.807) is 30.3 Å². The number of para-hydroxylation sites is 2.